The number of carbonyl (C=O) groups is 1. The first-order valence-electron chi connectivity index (χ1n) is 6.35. The van der Waals surface area contributed by atoms with Gasteiger partial charge in [-0.15, -0.1) is 0 Å². The zero-order valence-corrected chi connectivity index (χ0v) is 11.5. The van der Waals surface area contributed by atoms with E-state index in [2.05, 4.69) is 9.88 Å². The Bertz CT molecular complexity index is 650. The molecular weight excluding hydrogens is 282 g/mol. The Labute approximate surface area is 120 Å². The number of hydrogen-bond donors (Lipinski definition) is 1. The van der Waals surface area contributed by atoms with E-state index in [-0.39, 0.29) is 5.69 Å². The second kappa shape index (κ2) is 5.40. The number of nitrogens with zero attached hydrogens (tertiary/aromatic N) is 3. The van der Waals surface area contributed by atoms with Crippen LogP contribution in [0.4, 0.5) is 0 Å². The second-order valence-electron chi connectivity index (χ2n) is 4.68. The molecule has 3 rings (SSSR count). The minimum Gasteiger partial charge on any atom is -0.476 e. The highest BCUT2D eigenvalue weighted by Gasteiger charge is 2.21. The maximum absolute atomic E-state index is 11.4. The van der Waals surface area contributed by atoms with Crippen molar-refractivity contribution in [2.24, 2.45) is 0 Å². The molecular formula is C13H14ClN3O3. The van der Waals surface area contributed by atoms with E-state index >= 15 is 0 Å². The highest BCUT2D eigenvalue weighted by atomic mass is 35.5. The van der Waals surface area contributed by atoms with Crippen molar-refractivity contribution in [1.29, 1.82) is 0 Å². The number of pyridine rings is 1. The molecule has 0 aromatic carbocycles. The molecule has 0 aliphatic carbocycles. The number of carboxylic acid groups (broad SMARTS) is 1. The van der Waals surface area contributed by atoms with Crippen LogP contribution in [0, 0.1) is 0 Å². The zero-order chi connectivity index (χ0) is 14.1. The number of morpholine rings is 1. The average Bonchev–Trinajstić information content (AvgIpc) is 2.78. The molecule has 1 aliphatic heterocycles. The molecule has 1 fully saturated rings. The monoisotopic (exact) mass is 295 g/mol. The molecule has 1 N–H and O–H groups in total. The number of imidazole rings is 1. The largest absolute Gasteiger partial charge is 0.476 e. The summed E-state index contributed by atoms with van der Waals surface area (Å²) in [5, 5.41) is 9.86. The molecule has 0 radical (unpaired) electrons. The van der Waals surface area contributed by atoms with Gasteiger partial charge in [-0.2, -0.15) is 0 Å². The summed E-state index contributed by atoms with van der Waals surface area (Å²) < 4.78 is 7.05. The highest BCUT2D eigenvalue weighted by Crippen LogP contribution is 2.19. The van der Waals surface area contributed by atoms with Gasteiger partial charge in [-0.25, -0.2) is 9.78 Å². The molecule has 3 heterocycles. The number of fused-ring (bicyclic) bond motifs is 1. The molecule has 106 valence electrons. The summed E-state index contributed by atoms with van der Waals surface area (Å²) >= 11 is 5.99. The van der Waals surface area contributed by atoms with Gasteiger partial charge in [0, 0.05) is 25.8 Å². The van der Waals surface area contributed by atoms with E-state index in [1.54, 1.807) is 22.7 Å². The minimum absolute atomic E-state index is 0.0822. The smallest absolute Gasteiger partial charge is 0.356 e. The summed E-state index contributed by atoms with van der Waals surface area (Å²) in [5.41, 5.74) is 1.32. The highest BCUT2D eigenvalue weighted by molar-refractivity contribution is 6.30. The van der Waals surface area contributed by atoms with E-state index in [4.69, 9.17) is 16.3 Å². The Morgan fingerprint density at radius 1 is 1.40 bits per heavy atom. The number of aromatic nitrogens is 2. The molecule has 0 saturated carbocycles. The maximum Gasteiger partial charge on any atom is 0.356 e. The molecule has 0 bridgehead atoms. The maximum atomic E-state index is 11.4. The Hall–Kier alpha value is -1.63. The van der Waals surface area contributed by atoms with Crippen LogP contribution in [0.5, 0.6) is 0 Å². The molecule has 0 amide bonds. The molecule has 1 saturated heterocycles. The van der Waals surface area contributed by atoms with Gasteiger partial charge in [-0.1, -0.05) is 11.6 Å². The molecule has 2 aromatic heterocycles. The van der Waals surface area contributed by atoms with Gasteiger partial charge in [-0.3, -0.25) is 4.90 Å². The van der Waals surface area contributed by atoms with Gasteiger partial charge in [-0.05, 0) is 12.1 Å². The Kier molecular flexibility index (Phi) is 3.60. The average molecular weight is 296 g/mol. The number of carboxylic acids is 1. The number of hydrogen-bond acceptors (Lipinski definition) is 4. The van der Waals surface area contributed by atoms with Gasteiger partial charge < -0.3 is 14.2 Å². The fraction of sp³-hybridized carbons (Fsp3) is 0.385. The van der Waals surface area contributed by atoms with Gasteiger partial charge >= 0.3 is 5.97 Å². The summed E-state index contributed by atoms with van der Waals surface area (Å²) in [4.78, 5) is 17.7. The Morgan fingerprint density at radius 2 is 2.15 bits per heavy atom. The fourth-order valence-electron chi connectivity index (χ4n) is 2.36. The molecule has 0 spiro atoms. The molecule has 6 nitrogen and oxygen atoms in total. The first-order valence-corrected chi connectivity index (χ1v) is 6.73. The van der Waals surface area contributed by atoms with Gasteiger partial charge in [0.1, 0.15) is 5.65 Å². The van der Waals surface area contributed by atoms with Crippen molar-refractivity contribution in [2.75, 3.05) is 26.3 Å². The summed E-state index contributed by atoms with van der Waals surface area (Å²) in [6, 6.07) is 3.42. The fourth-order valence-corrected chi connectivity index (χ4v) is 2.52. The van der Waals surface area contributed by atoms with Crippen molar-refractivity contribution in [3.05, 3.63) is 34.7 Å². The number of halogens is 1. The second-order valence-corrected chi connectivity index (χ2v) is 5.11. The molecule has 20 heavy (non-hydrogen) atoms. The van der Waals surface area contributed by atoms with E-state index in [1.807, 2.05) is 0 Å². The Balaban J connectivity index is 2.03. The van der Waals surface area contributed by atoms with Crippen molar-refractivity contribution in [1.82, 2.24) is 14.3 Å². The third-order valence-corrected chi connectivity index (χ3v) is 3.58. The summed E-state index contributed by atoms with van der Waals surface area (Å²) in [6.45, 7) is 3.42. The van der Waals surface area contributed by atoms with E-state index in [0.29, 0.717) is 36.1 Å². The molecule has 2 aromatic rings. The van der Waals surface area contributed by atoms with Crippen molar-refractivity contribution in [3.8, 4) is 0 Å². The van der Waals surface area contributed by atoms with Crippen LogP contribution < -0.4 is 0 Å². The van der Waals surface area contributed by atoms with Crippen LogP contribution in [0.3, 0.4) is 0 Å². The predicted molar refractivity (Wildman–Crippen MR) is 73.3 cm³/mol. The lowest BCUT2D eigenvalue weighted by Gasteiger charge is -2.26. The van der Waals surface area contributed by atoms with Crippen molar-refractivity contribution in [2.45, 2.75) is 6.54 Å². The predicted octanol–water partition coefficient (Wildman–Crippen LogP) is 1.52. The quantitative estimate of drug-likeness (QED) is 0.930. The minimum atomic E-state index is -1.02. The van der Waals surface area contributed by atoms with Gasteiger partial charge in [0.2, 0.25) is 0 Å². The lowest BCUT2D eigenvalue weighted by Crippen LogP contribution is -2.36. The first-order chi connectivity index (χ1) is 9.65. The van der Waals surface area contributed by atoms with Crippen LogP contribution in [0.2, 0.25) is 5.02 Å². The Morgan fingerprint density at radius 3 is 2.85 bits per heavy atom. The lowest BCUT2D eigenvalue weighted by atomic mass is 10.3. The van der Waals surface area contributed by atoms with E-state index in [9.17, 15) is 9.90 Å². The van der Waals surface area contributed by atoms with Crippen molar-refractivity contribution in [3.63, 3.8) is 0 Å². The van der Waals surface area contributed by atoms with Crippen LogP contribution in [-0.2, 0) is 11.3 Å². The van der Waals surface area contributed by atoms with E-state index < -0.39 is 5.97 Å². The van der Waals surface area contributed by atoms with Crippen molar-refractivity contribution < 1.29 is 14.6 Å². The summed E-state index contributed by atoms with van der Waals surface area (Å²) in [7, 11) is 0. The van der Waals surface area contributed by atoms with Gasteiger partial charge in [0.05, 0.1) is 23.9 Å². The van der Waals surface area contributed by atoms with Gasteiger partial charge in [0.15, 0.2) is 5.69 Å². The molecule has 0 atom stereocenters. The molecule has 0 unspecified atom stereocenters. The van der Waals surface area contributed by atoms with Crippen LogP contribution in [-0.4, -0.2) is 51.7 Å². The normalized spacial score (nSPS) is 16.6. The lowest BCUT2D eigenvalue weighted by molar-refractivity contribution is 0.0332. The third-order valence-electron chi connectivity index (χ3n) is 3.36. The van der Waals surface area contributed by atoms with Crippen LogP contribution in [0.15, 0.2) is 18.3 Å². The van der Waals surface area contributed by atoms with E-state index in [1.165, 1.54) is 0 Å². The van der Waals surface area contributed by atoms with Crippen LogP contribution in [0.25, 0.3) is 5.65 Å². The van der Waals surface area contributed by atoms with Gasteiger partial charge in [0.25, 0.3) is 0 Å². The third kappa shape index (κ3) is 2.49. The van der Waals surface area contributed by atoms with E-state index in [0.717, 1.165) is 13.1 Å². The first kappa shape index (κ1) is 13.4. The molecule has 1 aliphatic rings. The summed E-state index contributed by atoms with van der Waals surface area (Å²) in [5.74, 6) is -1.02. The number of ether oxygens (including phenoxy) is 1. The zero-order valence-electron chi connectivity index (χ0n) is 10.8. The standard InChI is InChI=1S/C13H14ClN3O3/c14-9-1-2-11-15-12(13(18)19)10(17(11)7-9)8-16-3-5-20-6-4-16/h1-2,7H,3-6,8H2,(H,18,19). The van der Waals surface area contributed by atoms with Crippen LogP contribution >= 0.6 is 11.6 Å². The SMILES string of the molecule is O=C(O)c1nc2ccc(Cl)cn2c1CN1CCOCC1. The van der Waals surface area contributed by atoms with Crippen LogP contribution in [0.1, 0.15) is 16.2 Å². The van der Waals surface area contributed by atoms with Crippen molar-refractivity contribution >= 4 is 23.2 Å². The number of aromatic carboxylic acids is 1. The number of rotatable bonds is 3. The topological polar surface area (TPSA) is 67.1 Å². The summed E-state index contributed by atoms with van der Waals surface area (Å²) in [6.07, 6.45) is 1.70. The molecule has 7 heteroatoms.